The summed E-state index contributed by atoms with van der Waals surface area (Å²) in [4.78, 5) is 19.5. The summed E-state index contributed by atoms with van der Waals surface area (Å²) in [5, 5.41) is 0. The van der Waals surface area contributed by atoms with E-state index in [4.69, 9.17) is 0 Å². The van der Waals surface area contributed by atoms with Crippen molar-refractivity contribution in [3.8, 4) is 0 Å². The minimum Gasteiger partial charge on any atom is -0.347 e. The summed E-state index contributed by atoms with van der Waals surface area (Å²) in [6, 6.07) is 10.2. The molecule has 1 N–H and O–H groups in total. The van der Waals surface area contributed by atoms with E-state index in [-0.39, 0.29) is 11.8 Å². The molecule has 1 unspecified atom stereocenters. The predicted octanol–water partition coefficient (Wildman–Crippen LogP) is 2.26. The SMILES string of the molecule is O=C1C(Cc2ccccc2)CSN1Cc1ncc[nH]1. The van der Waals surface area contributed by atoms with Crippen LogP contribution < -0.4 is 0 Å². The van der Waals surface area contributed by atoms with Gasteiger partial charge in [0, 0.05) is 18.1 Å². The number of nitrogens with zero attached hydrogens (tertiary/aromatic N) is 2. The molecule has 1 aliphatic rings. The third-order valence-electron chi connectivity index (χ3n) is 3.20. The van der Waals surface area contributed by atoms with Crippen molar-refractivity contribution in [3.63, 3.8) is 0 Å². The van der Waals surface area contributed by atoms with Gasteiger partial charge in [0.25, 0.3) is 0 Å². The van der Waals surface area contributed by atoms with Gasteiger partial charge in [-0.05, 0) is 23.9 Å². The molecular formula is C14H15N3OS. The van der Waals surface area contributed by atoms with Gasteiger partial charge >= 0.3 is 0 Å². The maximum atomic E-state index is 12.3. The lowest BCUT2D eigenvalue weighted by Crippen LogP contribution is -2.25. The molecule has 0 saturated carbocycles. The molecule has 2 heterocycles. The number of rotatable bonds is 4. The number of aromatic amines is 1. The van der Waals surface area contributed by atoms with Crippen molar-refractivity contribution < 1.29 is 4.79 Å². The molecule has 2 aromatic rings. The molecule has 1 saturated heterocycles. The molecule has 1 atom stereocenters. The number of carbonyl (C=O) groups excluding carboxylic acids is 1. The highest BCUT2D eigenvalue weighted by atomic mass is 32.2. The number of imidazole rings is 1. The van der Waals surface area contributed by atoms with Gasteiger partial charge in [0.05, 0.1) is 12.5 Å². The zero-order valence-electron chi connectivity index (χ0n) is 10.5. The van der Waals surface area contributed by atoms with E-state index in [1.807, 2.05) is 22.5 Å². The predicted molar refractivity (Wildman–Crippen MR) is 75.2 cm³/mol. The van der Waals surface area contributed by atoms with E-state index in [1.54, 1.807) is 24.3 Å². The van der Waals surface area contributed by atoms with Gasteiger partial charge in [0.15, 0.2) is 0 Å². The quantitative estimate of drug-likeness (QED) is 0.869. The van der Waals surface area contributed by atoms with Crippen LogP contribution in [0, 0.1) is 5.92 Å². The number of hydrogen-bond acceptors (Lipinski definition) is 3. The molecule has 1 aromatic heterocycles. The lowest BCUT2D eigenvalue weighted by molar-refractivity contribution is -0.128. The number of carbonyl (C=O) groups is 1. The van der Waals surface area contributed by atoms with Gasteiger partial charge in [-0.25, -0.2) is 4.98 Å². The Hall–Kier alpha value is -1.75. The molecule has 5 heteroatoms. The number of hydrogen-bond donors (Lipinski definition) is 1. The van der Waals surface area contributed by atoms with Crippen LogP contribution in [0.15, 0.2) is 42.7 Å². The maximum Gasteiger partial charge on any atom is 0.237 e. The van der Waals surface area contributed by atoms with Crippen molar-refractivity contribution in [2.45, 2.75) is 13.0 Å². The number of benzene rings is 1. The Morgan fingerprint density at radius 1 is 1.37 bits per heavy atom. The summed E-state index contributed by atoms with van der Waals surface area (Å²) < 4.78 is 1.81. The largest absolute Gasteiger partial charge is 0.347 e. The van der Waals surface area contributed by atoms with Crippen molar-refractivity contribution in [2.75, 3.05) is 5.75 Å². The minimum atomic E-state index is 0.0855. The average Bonchev–Trinajstić information content (AvgIpc) is 3.05. The van der Waals surface area contributed by atoms with Crippen LogP contribution in [-0.4, -0.2) is 25.9 Å². The third-order valence-corrected chi connectivity index (χ3v) is 4.37. The number of H-pyrrole nitrogens is 1. The van der Waals surface area contributed by atoms with Gasteiger partial charge in [0.2, 0.25) is 5.91 Å². The van der Waals surface area contributed by atoms with Gasteiger partial charge in [0.1, 0.15) is 5.82 Å². The first kappa shape index (κ1) is 12.3. The summed E-state index contributed by atoms with van der Waals surface area (Å²) in [5.41, 5.74) is 1.22. The van der Waals surface area contributed by atoms with Crippen LogP contribution in [0.3, 0.4) is 0 Å². The van der Waals surface area contributed by atoms with Crippen LogP contribution in [0.2, 0.25) is 0 Å². The smallest absolute Gasteiger partial charge is 0.237 e. The van der Waals surface area contributed by atoms with Crippen LogP contribution in [0.5, 0.6) is 0 Å². The molecule has 3 rings (SSSR count). The Kier molecular flexibility index (Phi) is 3.55. The van der Waals surface area contributed by atoms with Crippen LogP contribution in [0.1, 0.15) is 11.4 Å². The van der Waals surface area contributed by atoms with Gasteiger partial charge in [-0.3, -0.25) is 9.10 Å². The third kappa shape index (κ3) is 2.81. The van der Waals surface area contributed by atoms with E-state index in [0.717, 1.165) is 18.0 Å². The van der Waals surface area contributed by atoms with Gasteiger partial charge in [-0.15, -0.1) is 0 Å². The Bertz CT molecular complexity index is 541. The van der Waals surface area contributed by atoms with E-state index < -0.39 is 0 Å². The van der Waals surface area contributed by atoms with Crippen LogP contribution in [-0.2, 0) is 17.8 Å². The van der Waals surface area contributed by atoms with Crippen molar-refractivity contribution in [1.82, 2.24) is 14.3 Å². The summed E-state index contributed by atoms with van der Waals surface area (Å²) in [5.74, 6) is 1.99. The second-order valence-corrected chi connectivity index (χ2v) is 5.63. The fourth-order valence-electron chi connectivity index (χ4n) is 2.21. The highest BCUT2D eigenvalue weighted by Crippen LogP contribution is 2.30. The van der Waals surface area contributed by atoms with Crippen LogP contribution >= 0.6 is 11.9 Å². The molecule has 4 nitrogen and oxygen atoms in total. The lowest BCUT2D eigenvalue weighted by Gasteiger charge is -2.13. The topological polar surface area (TPSA) is 49.0 Å². The van der Waals surface area contributed by atoms with Gasteiger partial charge < -0.3 is 4.98 Å². The summed E-state index contributed by atoms with van der Waals surface area (Å²) >= 11 is 1.60. The van der Waals surface area contributed by atoms with E-state index >= 15 is 0 Å². The fourth-order valence-corrected chi connectivity index (χ4v) is 3.32. The van der Waals surface area contributed by atoms with E-state index in [1.165, 1.54) is 5.56 Å². The second-order valence-electron chi connectivity index (χ2n) is 4.59. The fraction of sp³-hybridized carbons (Fsp3) is 0.286. The van der Waals surface area contributed by atoms with Crippen molar-refractivity contribution >= 4 is 17.9 Å². The summed E-state index contributed by atoms with van der Waals surface area (Å²) in [7, 11) is 0. The summed E-state index contributed by atoms with van der Waals surface area (Å²) in [6.45, 7) is 0.557. The average molecular weight is 273 g/mol. The normalized spacial score (nSPS) is 19.1. The molecule has 19 heavy (non-hydrogen) atoms. The highest BCUT2D eigenvalue weighted by molar-refractivity contribution is 7.97. The second kappa shape index (κ2) is 5.48. The van der Waals surface area contributed by atoms with E-state index in [2.05, 4.69) is 22.1 Å². The van der Waals surface area contributed by atoms with E-state index in [0.29, 0.717) is 6.54 Å². The van der Waals surface area contributed by atoms with Gasteiger partial charge in [-0.1, -0.05) is 30.3 Å². The summed E-state index contributed by atoms with van der Waals surface area (Å²) in [6.07, 6.45) is 4.31. The lowest BCUT2D eigenvalue weighted by atomic mass is 10.0. The first-order valence-electron chi connectivity index (χ1n) is 6.29. The zero-order valence-corrected chi connectivity index (χ0v) is 11.3. The molecule has 1 fully saturated rings. The Morgan fingerprint density at radius 2 is 2.21 bits per heavy atom. The highest BCUT2D eigenvalue weighted by Gasteiger charge is 2.32. The Morgan fingerprint density at radius 3 is 2.95 bits per heavy atom. The zero-order chi connectivity index (χ0) is 13.1. The molecule has 1 aromatic carbocycles. The van der Waals surface area contributed by atoms with Crippen LogP contribution in [0.25, 0.3) is 0 Å². The molecule has 0 spiro atoms. The molecule has 1 aliphatic heterocycles. The number of aromatic nitrogens is 2. The Labute approximate surface area is 116 Å². The molecule has 0 aliphatic carbocycles. The molecule has 0 bridgehead atoms. The molecule has 0 radical (unpaired) electrons. The first-order chi connectivity index (χ1) is 9.33. The van der Waals surface area contributed by atoms with Crippen molar-refractivity contribution in [3.05, 3.63) is 54.1 Å². The standard InChI is InChI=1S/C14H15N3OS/c18-14-12(8-11-4-2-1-3-5-11)10-19-17(14)9-13-15-6-7-16-13/h1-7,12H,8-10H2,(H,15,16). The van der Waals surface area contributed by atoms with Gasteiger partial charge in [-0.2, -0.15) is 0 Å². The number of nitrogens with one attached hydrogen (secondary N) is 1. The van der Waals surface area contributed by atoms with E-state index in [9.17, 15) is 4.79 Å². The van der Waals surface area contributed by atoms with Crippen LogP contribution in [0.4, 0.5) is 0 Å². The number of amides is 1. The maximum absolute atomic E-state index is 12.3. The van der Waals surface area contributed by atoms with Crippen molar-refractivity contribution in [2.24, 2.45) is 5.92 Å². The minimum absolute atomic E-state index is 0.0855. The van der Waals surface area contributed by atoms with Crippen molar-refractivity contribution in [1.29, 1.82) is 0 Å². The Balaban J connectivity index is 1.62. The monoisotopic (exact) mass is 273 g/mol. The molecule has 1 amide bonds. The molecular weight excluding hydrogens is 258 g/mol. The molecule has 98 valence electrons. The first-order valence-corrected chi connectivity index (χ1v) is 7.23.